The standard InChI is InChI=1S/C12H15N3S/c1-2-11(1)13-5-10-3-4-15(6-10)7-12-8-16-9-14-12/h3-4,6,8-9,11,13H,1-2,5,7H2. The minimum atomic E-state index is 0.780. The average molecular weight is 233 g/mol. The van der Waals surface area contributed by atoms with E-state index in [0.717, 1.165) is 24.8 Å². The van der Waals surface area contributed by atoms with Gasteiger partial charge in [-0.1, -0.05) is 0 Å². The Kier molecular flexibility index (Phi) is 2.76. The minimum absolute atomic E-state index is 0.780. The maximum Gasteiger partial charge on any atom is 0.0795 e. The van der Waals surface area contributed by atoms with E-state index in [1.165, 1.54) is 18.4 Å². The van der Waals surface area contributed by atoms with Crippen LogP contribution in [-0.2, 0) is 13.1 Å². The van der Waals surface area contributed by atoms with Crippen molar-refractivity contribution in [3.63, 3.8) is 0 Å². The van der Waals surface area contributed by atoms with Gasteiger partial charge in [0, 0.05) is 30.4 Å². The third-order valence-electron chi connectivity index (χ3n) is 2.81. The van der Waals surface area contributed by atoms with Crippen LogP contribution in [-0.4, -0.2) is 15.6 Å². The van der Waals surface area contributed by atoms with Crippen LogP contribution in [0.2, 0.25) is 0 Å². The number of thiazole rings is 1. The third kappa shape index (κ3) is 2.51. The lowest BCUT2D eigenvalue weighted by Gasteiger charge is -2.00. The molecular formula is C12H15N3S. The lowest BCUT2D eigenvalue weighted by atomic mass is 10.3. The first-order valence-electron chi connectivity index (χ1n) is 5.65. The number of hydrogen-bond donors (Lipinski definition) is 1. The molecule has 0 amide bonds. The highest BCUT2D eigenvalue weighted by molar-refractivity contribution is 7.07. The molecule has 1 aliphatic carbocycles. The van der Waals surface area contributed by atoms with Crippen LogP contribution in [0.25, 0.3) is 0 Å². The van der Waals surface area contributed by atoms with E-state index in [4.69, 9.17) is 0 Å². The lowest BCUT2D eigenvalue weighted by molar-refractivity contribution is 0.684. The maximum absolute atomic E-state index is 4.29. The highest BCUT2D eigenvalue weighted by Crippen LogP contribution is 2.19. The van der Waals surface area contributed by atoms with Crippen molar-refractivity contribution < 1.29 is 0 Å². The van der Waals surface area contributed by atoms with Gasteiger partial charge in [-0.2, -0.15) is 0 Å². The molecule has 2 heterocycles. The Hall–Kier alpha value is -1.13. The molecule has 4 heteroatoms. The van der Waals surface area contributed by atoms with Crippen LogP contribution in [0.15, 0.2) is 29.4 Å². The summed E-state index contributed by atoms with van der Waals surface area (Å²) in [5.74, 6) is 0. The molecule has 0 aliphatic heterocycles. The fourth-order valence-corrected chi connectivity index (χ4v) is 2.30. The molecule has 0 saturated heterocycles. The predicted octanol–water partition coefficient (Wildman–Crippen LogP) is 2.24. The number of hydrogen-bond acceptors (Lipinski definition) is 3. The summed E-state index contributed by atoms with van der Waals surface area (Å²) >= 11 is 1.65. The maximum atomic E-state index is 4.29. The van der Waals surface area contributed by atoms with Gasteiger partial charge in [-0.05, 0) is 24.5 Å². The molecule has 0 unspecified atom stereocenters. The largest absolute Gasteiger partial charge is 0.348 e. The average Bonchev–Trinajstić information content (AvgIpc) is 2.78. The van der Waals surface area contributed by atoms with Crippen molar-refractivity contribution >= 4 is 11.3 Å². The smallest absolute Gasteiger partial charge is 0.0795 e. The Balaban J connectivity index is 1.58. The first-order valence-corrected chi connectivity index (χ1v) is 6.59. The van der Waals surface area contributed by atoms with Crippen molar-refractivity contribution in [3.05, 3.63) is 40.6 Å². The Labute approximate surface area is 99.1 Å². The fourth-order valence-electron chi connectivity index (χ4n) is 1.75. The quantitative estimate of drug-likeness (QED) is 0.858. The highest BCUT2D eigenvalue weighted by atomic mass is 32.1. The Morgan fingerprint density at radius 2 is 2.44 bits per heavy atom. The molecular weight excluding hydrogens is 218 g/mol. The molecule has 0 radical (unpaired) electrons. The van der Waals surface area contributed by atoms with E-state index in [1.54, 1.807) is 11.3 Å². The molecule has 2 aromatic rings. The topological polar surface area (TPSA) is 29.9 Å². The van der Waals surface area contributed by atoms with Gasteiger partial charge < -0.3 is 9.88 Å². The van der Waals surface area contributed by atoms with Crippen LogP contribution in [0.3, 0.4) is 0 Å². The van der Waals surface area contributed by atoms with Gasteiger partial charge in [0.25, 0.3) is 0 Å². The molecule has 84 valence electrons. The van der Waals surface area contributed by atoms with Crippen LogP contribution in [0.5, 0.6) is 0 Å². The normalized spacial score (nSPS) is 15.5. The van der Waals surface area contributed by atoms with Crippen molar-refractivity contribution in [2.45, 2.75) is 32.0 Å². The summed E-state index contributed by atoms with van der Waals surface area (Å²) in [6.07, 6.45) is 7.02. The summed E-state index contributed by atoms with van der Waals surface area (Å²) in [7, 11) is 0. The zero-order valence-corrected chi connectivity index (χ0v) is 9.91. The lowest BCUT2D eigenvalue weighted by Crippen LogP contribution is -2.14. The summed E-state index contributed by atoms with van der Waals surface area (Å²) in [6.45, 7) is 1.88. The number of nitrogens with zero attached hydrogens (tertiary/aromatic N) is 2. The van der Waals surface area contributed by atoms with Crippen molar-refractivity contribution in [2.24, 2.45) is 0 Å². The van der Waals surface area contributed by atoms with Crippen molar-refractivity contribution in [3.8, 4) is 0 Å². The molecule has 1 N–H and O–H groups in total. The second-order valence-electron chi connectivity index (χ2n) is 4.33. The van der Waals surface area contributed by atoms with Gasteiger partial charge in [-0.3, -0.25) is 0 Å². The summed E-state index contributed by atoms with van der Waals surface area (Å²) in [5.41, 5.74) is 4.39. The first-order chi connectivity index (χ1) is 7.90. The van der Waals surface area contributed by atoms with Crippen LogP contribution in [0.1, 0.15) is 24.1 Å². The molecule has 1 aliphatic rings. The Morgan fingerprint density at radius 3 is 3.19 bits per heavy atom. The highest BCUT2D eigenvalue weighted by Gasteiger charge is 2.19. The van der Waals surface area contributed by atoms with E-state index in [9.17, 15) is 0 Å². The summed E-state index contributed by atoms with van der Waals surface area (Å²) < 4.78 is 2.19. The predicted molar refractivity (Wildman–Crippen MR) is 65.5 cm³/mol. The molecule has 0 aromatic carbocycles. The minimum Gasteiger partial charge on any atom is -0.348 e. The van der Waals surface area contributed by atoms with Gasteiger partial charge >= 0.3 is 0 Å². The zero-order valence-electron chi connectivity index (χ0n) is 9.10. The van der Waals surface area contributed by atoms with Crippen LogP contribution in [0.4, 0.5) is 0 Å². The molecule has 1 fully saturated rings. The van der Waals surface area contributed by atoms with Crippen molar-refractivity contribution in [2.75, 3.05) is 0 Å². The summed E-state index contributed by atoms with van der Waals surface area (Å²) in [4.78, 5) is 4.29. The monoisotopic (exact) mass is 233 g/mol. The second kappa shape index (κ2) is 4.39. The summed E-state index contributed by atoms with van der Waals surface area (Å²) in [5, 5.41) is 5.62. The van der Waals surface area contributed by atoms with Gasteiger partial charge in [-0.25, -0.2) is 4.98 Å². The molecule has 0 atom stereocenters. The Bertz CT molecular complexity index is 443. The van der Waals surface area contributed by atoms with Crippen molar-refractivity contribution in [1.82, 2.24) is 14.9 Å². The SMILES string of the molecule is c1nc(Cn2ccc(CNC3CC3)c2)cs1. The fraction of sp³-hybridized carbons (Fsp3) is 0.417. The second-order valence-corrected chi connectivity index (χ2v) is 5.05. The number of aromatic nitrogens is 2. The third-order valence-corrected chi connectivity index (χ3v) is 3.45. The van der Waals surface area contributed by atoms with Crippen molar-refractivity contribution in [1.29, 1.82) is 0 Å². The van der Waals surface area contributed by atoms with E-state index in [-0.39, 0.29) is 0 Å². The summed E-state index contributed by atoms with van der Waals surface area (Å²) in [6, 6.07) is 2.96. The van der Waals surface area contributed by atoms with Gasteiger partial charge in [0.2, 0.25) is 0 Å². The van der Waals surface area contributed by atoms with E-state index in [1.807, 2.05) is 5.51 Å². The van der Waals surface area contributed by atoms with Gasteiger partial charge in [0.15, 0.2) is 0 Å². The van der Waals surface area contributed by atoms with Crippen LogP contribution in [0, 0.1) is 0 Å². The molecule has 0 spiro atoms. The van der Waals surface area contributed by atoms with E-state index in [0.29, 0.717) is 0 Å². The van der Waals surface area contributed by atoms with Gasteiger partial charge in [-0.15, -0.1) is 11.3 Å². The number of rotatable bonds is 5. The molecule has 1 saturated carbocycles. The van der Waals surface area contributed by atoms with E-state index in [2.05, 4.69) is 38.7 Å². The molecule has 16 heavy (non-hydrogen) atoms. The molecule has 3 rings (SSSR count). The first kappa shape index (κ1) is 10.1. The van der Waals surface area contributed by atoms with Crippen LogP contribution >= 0.6 is 11.3 Å². The number of nitrogens with one attached hydrogen (secondary N) is 1. The Morgan fingerprint density at radius 1 is 1.50 bits per heavy atom. The van der Waals surface area contributed by atoms with Gasteiger partial charge in [0.05, 0.1) is 17.7 Å². The molecule has 2 aromatic heterocycles. The zero-order chi connectivity index (χ0) is 10.8. The molecule has 0 bridgehead atoms. The van der Waals surface area contributed by atoms with Gasteiger partial charge in [0.1, 0.15) is 0 Å². The molecule has 3 nitrogen and oxygen atoms in total. The van der Waals surface area contributed by atoms with E-state index >= 15 is 0 Å². The van der Waals surface area contributed by atoms with Crippen LogP contribution < -0.4 is 5.32 Å². The van der Waals surface area contributed by atoms with E-state index < -0.39 is 0 Å².